The number of aromatic carboxylic acids is 1. The van der Waals surface area contributed by atoms with E-state index in [-0.39, 0.29) is 0 Å². The maximum absolute atomic E-state index is 12.7. The normalized spacial score (nSPS) is 10.5. The van der Waals surface area contributed by atoms with Crippen LogP contribution in [0.2, 0.25) is 0 Å². The molecular weight excluding hydrogens is 187 g/mol. The number of rotatable bonds is 2. The van der Waals surface area contributed by atoms with E-state index in [4.69, 9.17) is 5.11 Å². The first-order valence-electron chi connectivity index (χ1n) is 3.19. The molecular formula is C7H4F3NO2. The van der Waals surface area contributed by atoms with Crippen LogP contribution in [0.15, 0.2) is 12.3 Å². The molecule has 0 aliphatic heterocycles. The molecule has 1 aromatic rings. The van der Waals surface area contributed by atoms with Gasteiger partial charge in [0, 0.05) is 12.3 Å². The Morgan fingerprint density at radius 1 is 1.54 bits per heavy atom. The van der Waals surface area contributed by atoms with Gasteiger partial charge >= 0.3 is 5.97 Å². The molecule has 0 bridgehead atoms. The van der Waals surface area contributed by atoms with Gasteiger partial charge in [-0.1, -0.05) is 0 Å². The molecule has 3 nitrogen and oxygen atoms in total. The number of nitrogens with zero attached hydrogens (tertiary/aromatic N) is 1. The van der Waals surface area contributed by atoms with E-state index in [1.165, 1.54) is 0 Å². The van der Waals surface area contributed by atoms with Gasteiger partial charge in [0.2, 0.25) is 0 Å². The predicted molar refractivity (Wildman–Crippen MR) is 36.1 cm³/mol. The highest BCUT2D eigenvalue weighted by atomic mass is 19.3. The van der Waals surface area contributed by atoms with E-state index >= 15 is 0 Å². The van der Waals surface area contributed by atoms with Gasteiger partial charge in [-0.3, -0.25) is 0 Å². The van der Waals surface area contributed by atoms with Crippen molar-refractivity contribution < 1.29 is 23.1 Å². The minimum Gasteiger partial charge on any atom is -0.477 e. The van der Waals surface area contributed by atoms with Crippen molar-refractivity contribution in [2.45, 2.75) is 6.43 Å². The Morgan fingerprint density at radius 2 is 2.15 bits per heavy atom. The zero-order valence-electron chi connectivity index (χ0n) is 6.17. The van der Waals surface area contributed by atoms with E-state index in [1.807, 2.05) is 0 Å². The highest BCUT2D eigenvalue weighted by Crippen LogP contribution is 2.21. The minimum atomic E-state index is -2.99. The Bertz CT molecular complexity index is 341. The molecule has 0 atom stereocenters. The zero-order valence-corrected chi connectivity index (χ0v) is 6.17. The topological polar surface area (TPSA) is 50.2 Å². The molecule has 13 heavy (non-hydrogen) atoms. The zero-order chi connectivity index (χ0) is 10.0. The van der Waals surface area contributed by atoms with Crippen molar-refractivity contribution in [1.82, 2.24) is 4.98 Å². The van der Waals surface area contributed by atoms with Crippen LogP contribution in [0.4, 0.5) is 13.2 Å². The number of carbonyl (C=O) groups is 1. The van der Waals surface area contributed by atoms with Crippen LogP contribution < -0.4 is 0 Å². The van der Waals surface area contributed by atoms with Gasteiger partial charge in [-0.25, -0.2) is 22.9 Å². The standard InChI is InChI=1S/C7H4F3NO2/c8-4-1-5(7(12)13)11-2-3(4)6(9)10/h1-2,6H,(H,12,13). The van der Waals surface area contributed by atoms with Gasteiger partial charge in [0.25, 0.3) is 6.43 Å². The Hall–Kier alpha value is -1.59. The van der Waals surface area contributed by atoms with E-state index in [2.05, 4.69) is 4.98 Å². The Kier molecular flexibility index (Phi) is 2.50. The number of halogens is 3. The first-order chi connectivity index (χ1) is 6.02. The SMILES string of the molecule is O=C(O)c1cc(F)c(C(F)F)cn1. The Morgan fingerprint density at radius 3 is 2.54 bits per heavy atom. The average molecular weight is 191 g/mol. The largest absolute Gasteiger partial charge is 0.477 e. The van der Waals surface area contributed by atoms with Crippen molar-refractivity contribution in [2.24, 2.45) is 0 Å². The summed E-state index contributed by atoms with van der Waals surface area (Å²) in [5.41, 5.74) is -1.49. The molecule has 0 saturated heterocycles. The lowest BCUT2D eigenvalue weighted by atomic mass is 10.2. The van der Waals surface area contributed by atoms with Crippen molar-refractivity contribution in [2.75, 3.05) is 0 Å². The number of carboxylic acids is 1. The molecule has 1 rings (SSSR count). The number of aromatic nitrogens is 1. The second kappa shape index (κ2) is 3.42. The smallest absolute Gasteiger partial charge is 0.354 e. The van der Waals surface area contributed by atoms with Gasteiger partial charge in [0.15, 0.2) is 5.69 Å². The summed E-state index contributed by atoms with van der Waals surface area (Å²) < 4.78 is 36.5. The van der Waals surface area contributed by atoms with Gasteiger partial charge in [-0.2, -0.15) is 0 Å². The van der Waals surface area contributed by atoms with E-state index in [9.17, 15) is 18.0 Å². The van der Waals surface area contributed by atoms with E-state index in [1.54, 1.807) is 0 Å². The van der Waals surface area contributed by atoms with Gasteiger partial charge in [-0.15, -0.1) is 0 Å². The van der Waals surface area contributed by atoms with Crippen molar-refractivity contribution in [3.8, 4) is 0 Å². The molecule has 0 aliphatic rings. The Labute approximate surface area is 70.8 Å². The second-order valence-electron chi connectivity index (χ2n) is 2.20. The summed E-state index contributed by atoms with van der Waals surface area (Å²) in [6, 6.07) is 0.462. The molecule has 0 fully saturated rings. The number of alkyl halides is 2. The minimum absolute atomic E-state index is 0.462. The maximum Gasteiger partial charge on any atom is 0.354 e. The van der Waals surface area contributed by atoms with Crippen LogP contribution in [0.1, 0.15) is 22.5 Å². The predicted octanol–water partition coefficient (Wildman–Crippen LogP) is 1.86. The van der Waals surface area contributed by atoms with Gasteiger partial charge in [0.1, 0.15) is 5.82 Å². The van der Waals surface area contributed by atoms with E-state index in [0.29, 0.717) is 12.3 Å². The molecule has 0 amide bonds. The van der Waals surface area contributed by atoms with Crippen LogP contribution >= 0.6 is 0 Å². The summed E-state index contributed by atoms with van der Waals surface area (Å²) in [6.07, 6.45) is -2.47. The van der Waals surface area contributed by atoms with Gasteiger partial charge < -0.3 is 5.11 Å². The molecule has 0 unspecified atom stereocenters. The summed E-state index contributed by atoms with van der Waals surface area (Å²) in [4.78, 5) is 13.4. The maximum atomic E-state index is 12.7. The number of hydrogen-bond acceptors (Lipinski definition) is 2. The van der Waals surface area contributed by atoms with Crippen LogP contribution in [0.25, 0.3) is 0 Å². The summed E-state index contributed by atoms with van der Waals surface area (Å²) >= 11 is 0. The number of carboxylic acid groups (broad SMARTS) is 1. The van der Waals surface area contributed by atoms with Crippen molar-refractivity contribution in [1.29, 1.82) is 0 Å². The Balaban J connectivity index is 3.13. The van der Waals surface area contributed by atoms with Crippen molar-refractivity contribution in [3.05, 3.63) is 29.3 Å². The quantitative estimate of drug-likeness (QED) is 0.776. The van der Waals surface area contributed by atoms with Crippen molar-refractivity contribution in [3.63, 3.8) is 0 Å². The fraction of sp³-hybridized carbons (Fsp3) is 0.143. The fourth-order valence-corrected chi connectivity index (χ4v) is 0.719. The van der Waals surface area contributed by atoms with Crippen molar-refractivity contribution >= 4 is 5.97 Å². The van der Waals surface area contributed by atoms with Gasteiger partial charge in [0.05, 0.1) is 5.56 Å². The summed E-state index contributed by atoms with van der Waals surface area (Å²) in [5.74, 6) is -2.72. The fourth-order valence-electron chi connectivity index (χ4n) is 0.719. The van der Waals surface area contributed by atoms with Crippen LogP contribution in [0, 0.1) is 5.82 Å². The molecule has 1 heterocycles. The monoisotopic (exact) mass is 191 g/mol. The first-order valence-corrected chi connectivity index (χ1v) is 3.19. The first kappa shape index (κ1) is 9.50. The van der Waals surface area contributed by atoms with Crippen LogP contribution in [0.5, 0.6) is 0 Å². The number of hydrogen-bond donors (Lipinski definition) is 1. The molecule has 1 aromatic heterocycles. The van der Waals surface area contributed by atoms with Crippen LogP contribution in [0.3, 0.4) is 0 Å². The summed E-state index contributed by atoms with van der Waals surface area (Å²) in [6.45, 7) is 0. The van der Waals surface area contributed by atoms with Crippen LogP contribution in [-0.4, -0.2) is 16.1 Å². The molecule has 0 saturated carbocycles. The third-order valence-corrected chi connectivity index (χ3v) is 1.34. The third-order valence-electron chi connectivity index (χ3n) is 1.34. The average Bonchev–Trinajstić information content (AvgIpc) is 2.03. The highest BCUT2D eigenvalue weighted by Gasteiger charge is 2.16. The summed E-state index contributed by atoms with van der Waals surface area (Å²) in [5, 5.41) is 8.32. The molecule has 70 valence electrons. The highest BCUT2D eigenvalue weighted by molar-refractivity contribution is 5.85. The lowest BCUT2D eigenvalue weighted by Gasteiger charge is -2.00. The molecule has 0 spiro atoms. The molecule has 0 radical (unpaired) electrons. The van der Waals surface area contributed by atoms with E-state index < -0.39 is 29.5 Å². The number of pyridine rings is 1. The molecule has 0 aromatic carbocycles. The van der Waals surface area contributed by atoms with Gasteiger partial charge in [-0.05, 0) is 0 Å². The molecule has 1 N–H and O–H groups in total. The van der Waals surface area contributed by atoms with E-state index in [0.717, 1.165) is 0 Å². The molecule has 6 heteroatoms. The second-order valence-corrected chi connectivity index (χ2v) is 2.20. The summed E-state index contributed by atoms with van der Waals surface area (Å²) in [7, 11) is 0. The third kappa shape index (κ3) is 1.95. The lowest BCUT2D eigenvalue weighted by molar-refractivity contribution is 0.0688. The molecule has 0 aliphatic carbocycles. The van der Waals surface area contributed by atoms with Crippen LogP contribution in [-0.2, 0) is 0 Å². The lowest BCUT2D eigenvalue weighted by Crippen LogP contribution is -2.03.